The monoisotopic (exact) mass is 303 g/mol. The van der Waals surface area contributed by atoms with Crippen LogP contribution < -0.4 is 4.90 Å². The molecule has 1 saturated heterocycles. The molecule has 0 radical (unpaired) electrons. The van der Waals surface area contributed by atoms with Crippen molar-refractivity contribution >= 4 is 21.6 Å². The van der Waals surface area contributed by atoms with Crippen LogP contribution in [0.1, 0.15) is 24.5 Å². The van der Waals surface area contributed by atoms with E-state index < -0.39 is 0 Å². The molecule has 0 atom stereocenters. The molecule has 3 nitrogen and oxygen atoms in total. The topological polar surface area (TPSA) is 31.9 Å². The van der Waals surface area contributed by atoms with Crippen LogP contribution in [0.4, 0.5) is 5.69 Å². The van der Waals surface area contributed by atoms with E-state index in [4.69, 9.17) is 0 Å². The fraction of sp³-hybridized carbons (Fsp3) is 0.357. The molecule has 1 N–H and O–H groups in total. The van der Waals surface area contributed by atoms with Crippen LogP contribution >= 0.6 is 15.9 Å². The lowest BCUT2D eigenvalue weighted by atomic mass is 9.86. The predicted molar refractivity (Wildman–Crippen MR) is 75.9 cm³/mol. The highest BCUT2D eigenvalue weighted by atomic mass is 79.9. The Morgan fingerprint density at radius 1 is 1.28 bits per heavy atom. The van der Waals surface area contributed by atoms with Gasteiger partial charge in [-0.25, -0.2) is 0 Å². The van der Waals surface area contributed by atoms with Crippen molar-refractivity contribution in [2.75, 3.05) is 18.0 Å². The van der Waals surface area contributed by atoms with Crippen molar-refractivity contribution in [3.05, 3.63) is 34.4 Å². The number of benzene rings is 1. The minimum Gasteiger partial charge on any atom is -0.368 e. The van der Waals surface area contributed by atoms with Gasteiger partial charge in [0.05, 0.1) is 11.4 Å². The maximum Gasteiger partial charge on any atom is 0.116 e. The minimum atomic E-state index is 0.693. The molecule has 92 valence electrons. The molecular weight excluding hydrogens is 290 g/mol. The second-order valence-electron chi connectivity index (χ2n) is 5.11. The first-order valence-corrected chi connectivity index (χ1v) is 7.21. The van der Waals surface area contributed by atoms with E-state index in [2.05, 4.69) is 55.3 Å². The van der Waals surface area contributed by atoms with Crippen LogP contribution in [0, 0.1) is 0 Å². The molecule has 2 bridgehead atoms. The first kappa shape index (κ1) is 10.6. The summed E-state index contributed by atoms with van der Waals surface area (Å²) in [6.45, 7) is 2.36. The third-order valence-electron chi connectivity index (χ3n) is 4.09. The minimum absolute atomic E-state index is 0.693. The summed E-state index contributed by atoms with van der Waals surface area (Å²) in [4.78, 5) is 2.48. The van der Waals surface area contributed by atoms with E-state index in [9.17, 15) is 0 Å². The van der Waals surface area contributed by atoms with Crippen LogP contribution in [-0.4, -0.2) is 23.3 Å². The van der Waals surface area contributed by atoms with Crippen molar-refractivity contribution in [3.8, 4) is 11.3 Å². The Kier molecular flexibility index (Phi) is 2.27. The molecule has 3 aliphatic heterocycles. The molecule has 0 amide bonds. The molecule has 0 unspecified atom stereocenters. The Hall–Kier alpha value is -1.29. The fourth-order valence-electron chi connectivity index (χ4n) is 3.18. The summed E-state index contributed by atoms with van der Waals surface area (Å²) < 4.78 is 1.10. The predicted octanol–water partition coefficient (Wildman–Crippen LogP) is 3.54. The molecular formula is C14H14BrN3. The smallest absolute Gasteiger partial charge is 0.116 e. The normalized spacial score (nSPS) is 18.2. The van der Waals surface area contributed by atoms with E-state index in [0.29, 0.717) is 5.92 Å². The largest absolute Gasteiger partial charge is 0.368 e. The molecule has 0 spiro atoms. The number of fused-ring (bicyclic) bond motifs is 2. The van der Waals surface area contributed by atoms with Crippen LogP contribution in [0.5, 0.6) is 0 Å². The Morgan fingerprint density at radius 3 is 2.89 bits per heavy atom. The van der Waals surface area contributed by atoms with Gasteiger partial charge in [-0.2, -0.15) is 5.10 Å². The Bertz CT molecular complexity index is 597. The lowest BCUT2D eigenvalue weighted by Gasteiger charge is -2.40. The number of anilines is 1. The average molecular weight is 304 g/mol. The van der Waals surface area contributed by atoms with E-state index in [1.54, 1.807) is 0 Å². The molecule has 2 aromatic rings. The van der Waals surface area contributed by atoms with Gasteiger partial charge in [-0.3, -0.25) is 5.10 Å². The highest BCUT2D eigenvalue weighted by Crippen LogP contribution is 2.45. The number of hydrogen-bond donors (Lipinski definition) is 1. The van der Waals surface area contributed by atoms with Crippen molar-refractivity contribution < 1.29 is 0 Å². The maximum absolute atomic E-state index is 4.56. The van der Waals surface area contributed by atoms with E-state index in [-0.39, 0.29) is 0 Å². The molecule has 5 rings (SSSR count). The Balaban J connectivity index is 1.89. The molecule has 3 aliphatic rings. The number of H-pyrrole nitrogens is 1. The number of nitrogens with one attached hydrogen (secondary N) is 1. The number of rotatable bonds is 1. The van der Waals surface area contributed by atoms with Gasteiger partial charge in [0.1, 0.15) is 5.69 Å². The Labute approximate surface area is 114 Å². The van der Waals surface area contributed by atoms with Gasteiger partial charge in [0.25, 0.3) is 0 Å². The Morgan fingerprint density at radius 2 is 2.11 bits per heavy atom. The SMILES string of the molecule is Brc1cccc(-c2n[nH]c3c2N2CCC3CC2)c1. The highest BCUT2D eigenvalue weighted by molar-refractivity contribution is 9.10. The van der Waals surface area contributed by atoms with Gasteiger partial charge < -0.3 is 4.90 Å². The first-order chi connectivity index (χ1) is 8.83. The van der Waals surface area contributed by atoms with Crippen molar-refractivity contribution in [2.45, 2.75) is 18.8 Å². The molecule has 4 heterocycles. The first-order valence-electron chi connectivity index (χ1n) is 6.42. The van der Waals surface area contributed by atoms with Crippen molar-refractivity contribution in [1.29, 1.82) is 0 Å². The van der Waals surface area contributed by atoms with Gasteiger partial charge in [-0.15, -0.1) is 0 Å². The maximum atomic E-state index is 4.56. The van der Waals surface area contributed by atoms with Crippen molar-refractivity contribution in [2.24, 2.45) is 0 Å². The fourth-order valence-corrected chi connectivity index (χ4v) is 3.58. The summed E-state index contributed by atoms with van der Waals surface area (Å²) >= 11 is 3.53. The van der Waals surface area contributed by atoms with Crippen LogP contribution in [0.2, 0.25) is 0 Å². The second kappa shape index (κ2) is 3.85. The molecule has 1 aromatic heterocycles. The van der Waals surface area contributed by atoms with Crippen molar-refractivity contribution in [1.82, 2.24) is 10.2 Å². The zero-order valence-corrected chi connectivity index (χ0v) is 11.6. The molecule has 18 heavy (non-hydrogen) atoms. The number of nitrogens with zero attached hydrogens (tertiary/aromatic N) is 2. The molecule has 0 saturated carbocycles. The van der Waals surface area contributed by atoms with Crippen LogP contribution in [-0.2, 0) is 0 Å². The van der Waals surface area contributed by atoms with Gasteiger partial charge in [-0.1, -0.05) is 28.1 Å². The van der Waals surface area contributed by atoms with Crippen LogP contribution in [0.25, 0.3) is 11.3 Å². The quantitative estimate of drug-likeness (QED) is 0.874. The van der Waals surface area contributed by atoms with E-state index >= 15 is 0 Å². The number of hydrogen-bond acceptors (Lipinski definition) is 2. The zero-order valence-electron chi connectivity index (χ0n) is 9.99. The van der Waals surface area contributed by atoms with Gasteiger partial charge >= 0.3 is 0 Å². The lowest BCUT2D eigenvalue weighted by Crippen LogP contribution is -2.38. The molecule has 0 aliphatic carbocycles. The van der Waals surface area contributed by atoms with Crippen LogP contribution in [0.15, 0.2) is 28.7 Å². The summed E-state index contributed by atoms with van der Waals surface area (Å²) in [6, 6.07) is 8.39. The summed E-state index contributed by atoms with van der Waals surface area (Å²) in [5.41, 5.74) is 4.99. The van der Waals surface area contributed by atoms with Crippen LogP contribution in [0.3, 0.4) is 0 Å². The number of aromatic amines is 1. The van der Waals surface area contributed by atoms with Gasteiger partial charge in [0.2, 0.25) is 0 Å². The third kappa shape index (κ3) is 1.45. The molecule has 4 heteroatoms. The summed E-state index contributed by atoms with van der Waals surface area (Å²) in [6.07, 6.45) is 2.54. The lowest BCUT2D eigenvalue weighted by molar-refractivity contribution is 0.466. The number of halogens is 1. The summed E-state index contributed by atoms with van der Waals surface area (Å²) in [5, 5.41) is 7.83. The molecule has 1 aromatic carbocycles. The van der Waals surface area contributed by atoms with Gasteiger partial charge in [-0.05, 0) is 25.0 Å². The van der Waals surface area contributed by atoms with E-state index in [1.807, 2.05) is 0 Å². The summed E-state index contributed by atoms with van der Waals surface area (Å²) in [7, 11) is 0. The third-order valence-corrected chi connectivity index (χ3v) is 4.58. The summed E-state index contributed by atoms with van der Waals surface area (Å²) in [5.74, 6) is 0.693. The average Bonchev–Trinajstić information content (AvgIpc) is 2.87. The number of piperidine rings is 1. The second-order valence-corrected chi connectivity index (χ2v) is 6.02. The van der Waals surface area contributed by atoms with E-state index in [0.717, 1.165) is 10.2 Å². The zero-order chi connectivity index (χ0) is 12.1. The number of aromatic nitrogens is 2. The standard InChI is InChI=1S/C14H14BrN3/c15-11-3-1-2-10(8-11)13-14-12(16-17-13)9-4-6-18(14)7-5-9/h1-3,8-9H,4-7H2,(H,16,17). The van der Waals surface area contributed by atoms with Gasteiger partial charge in [0, 0.05) is 29.0 Å². The van der Waals surface area contributed by atoms with Gasteiger partial charge in [0.15, 0.2) is 0 Å². The van der Waals surface area contributed by atoms with Crippen molar-refractivity contribution in [3.63, 3.8) is 0 Å². The highest BCUT2D eigenvalue weighted by Gasteiger charge is 2.35. The van der Waals surface area contributed by atoms with E-state index in [1.165, 1.54) is 42.9 Å². The molecule has 1 fully saturated rings.